The second-order valence-corrected chi connectivity index (χ2v) is 41.9. The maximum atomic E-state index is 2.33. The van der Waals surface area contributed by atoms with Gasteiger partial charge in [-0.25, -0.2) is 0 Å². The molecule has 0 atom stereocenters. The van der Waals surface area contributed by atoms with E-state index >= 15 is 0 Å². The van der Waals surface area contributed by atoms with E-state index in [2.05, 4.69) is 505 Å². The first-order valence-electron chi connectivity index (χ1n) is 39.6. The van der Waals surface area contributed by atoms with E-state index < -0.39 is 0 Å². The van der Waals surface area contributed by atoms with E-state index in [0.717, 1.165) is 0 Å². The topological polar surface area (TPSA) is 0 Å². The van der Waals surface area contributed by atoms with Crippen LogP contribution in [0.5, 0.6) is 0 Å². The minimum atomic E-state index is -0.120. The fourth-order valence-corrected chi connectivity index (χ4v) is 24.6. The summed E-state index contributed by atoms with van der Waals surface area (Å²) in [6.07, 6.45) is 0. The average Bonchev–Trinajstić information content (AvgIpc) is 0.813. The minimum absolute atomic E-state index is 0.0229. The summed E-state index contributed by atoms with van der Waals surface area (Å²) in [5.74, 6) is 0. The van der Waals surface area contributed by atoms with Crippen LogP contribution in [-0.4, -0.2) is 0 Å². The minimum Gasteiger partial charge on any atom is -0.0619 e. The van der Waals surface area contributed by atoms with Gasteiger partial charge in [-0.05, 0) is 239 Å². The Kier molecular flexibility index (Phi) is 30.1. The Balaban J connectivity index is 0.000000142. The third-order valence-corrected chi connectivity index (χ3v) is 31.4. The fourth-order valence-electron chi connectivity index (χ4n) is 13.7. The third kappa shape index (κ3) is 23.2. The average molecular weight is 1580 g/mol. The summed E-state index contributed by atoms with van der Waals surface area (Å²) in [7, 11) is -0.249. The molecule has 114 heavy (non-hydrogen) atoms. The second-order valence-electron chi connectivity index (χ2n) is 31.9. The van der Waals surface area contributed by atoms with E-state index in [1.165, 1.54) is 129 Å². The molecule has 0 amide bonds. The molecule has 0 aromatic heterocycles. The number of rotatable bonds is 15. The predicted octanol–water partition coefficient (Wildman–Crippen LogP) is 30.0. The highest BCUT2D eigenvalue weighted by Crippen LogP contribution is 2.40. The van der Waals surface area contributed by atoms with E-state index in [1.807, 2.05) is 0 Å². The molecule has 0 unspecified atom stereocenters. The molecule has 5 heteroatoms. The maximum absolute atomic E-state index is 2.33. The molecule has 0 radical (unpaired) electrons. The molecule has 0 saturated heterocycles. The Labute approximate surface area is 699 Å². The largest absolute Gasteiger partial charge is 0.172 e. The van der Waals surface area contributed by atoms with Crippen molar-refractivity contribution in [2.24, 2.45) is 0 Å². The zero-order valence-corrected chi connectivity index (χ0v) is 73.7. The smallest absolute Gasteiger partial charge is 0.0619 e. The summed E-state index contributed by atoms with van der Waals surface area (Å²) < 4.78 is 0. The van der Waals surface area contributed by atoms with Gasteiger partial charge < -0.3 is 0 Å². The summed E-state index contributed by atoms with van der Waals surface area (Å²) in [6, 6.07) is 143. The van der Waals surface area contributed by atoms with Crippen LogP contribution in [0.4, 0.5) is 0 Å². The monoisotopic (exact) mass is 1580 g/mol. The van der Waals surface area contributed by atoms with Crippen molar-refractivity contribution in [2.75, 3.05) is 0 Å². The Bertz CT molecular complexity index is 5070. The van der Waals surface area contributed by atoms with Crippen molar-refractivity contribution in [1.82, 2.24) is 0 Å². The van der Waals surface area contributed by atoms with Gasteiger partial charge in [-0.15, -0.1) is 0 Å². The van der Waals surface area contributed by atoms with Crippen LogP contribution in [0.2, 0.25) is 0 Å². The van der Waals surface area contributed by atoms with Crippen LogP contribution in [-0.2, 0) is 70.7 Å². The molecule has 0 saturated carbocycles. The van der Waals surface area contributed by atoms with Crippen molar-refractivity contribution in [1.29, 1.82) is 0 Å². The van der Waals surface area contributed by atoms with Crippen molar-refractivity contribution >= 4 is 54.5 Å². The predicted molar refractivity (Wildman–Crippen MR) is 497 cm³/mol. The van der Waals surface area contributed by atoms with Gasteiger partial charge in [0.05, 0.1) is 54.5 Å². The van der Waals surface area contributed by atoms with Gasteiger partial charge in [0.2, 0.25) is 0 Å². The van der Waals surface area contributed by atoms with Gasteiger partial charge in [0.1, 0.15) is 0 Å². The molecule has 574 valence electrons. The highest BCUT2D eigenvalue weighted by atomic mass is 32.2. The van der Waals surface area contributed by atoms with Crippen LogP contribution < -0.4 is 0 Å². The normalized spacial score (nSPS) is 11.4. The molecule has 0 spiro atoms. The Morgan fingerprint density at radius 1 is 0.158 bits per heavy atom. The van der Waals surface area contributed by atoms with Crippen molar-refractivity contribution in [3.8, 4) is 0 Å². The van der Waals surface area contributed by atoms with E-state index in [1.54, 1.807) is 0 Å². The van der Waals surface area contributed by atoms with Crippen LogP contribution in [0.15, 0.2) is 468 Å². The number of hydrogen-bond donors (Lipinski definition) is 0. The molecular formula is C109H113S5+5. The van der Waals surface area contributed by atoms with E-state index in [4.69, 9.17) is 0 Å². The molecule has 0 aliphatic rings. The summed E-state index contributed by atoms with van der Waals surface area (Å²) in [4.78, 5) is 20.7. The zero-order chi connectivity index (χ0) is 80.8. The lowest BCUT2D eigenvalue weighted by molar-refractivity contribution is 0.589. The molecule has 0 aliphatic heterocycles. The van der Waals surface area contributed by atoms with Crippen LogP contribution in [0.25, 0.3) is 0 Å². The Hall–Kier alpha value is -9.95. The third-order valence-electron chi connectivity index (χ3n) is 19.6. The molecule has 0 N–H and O–H groups in total. The summed E-state index contributed by atoms with van der Waals surface area (Å²) in [5, 5.41) is 0. The van der Waals surface area contributed by atoms with Crippen LogP contribution in [0, 0.1) is 48.5 Å². The zero-order valence-electron chi connectivity index (χ0n) is 69.6. The van der Waals surface area contributed by atoms with E-state index in [-0.39, 0.29) is 70.7 Å². The lowest BCUT2D eigenvalue weighted by Gasteiger charge is -2.21. The van der Waals surface area contributed by atoms with Crippen LogP contribution in [0.3, 0.4) is 0 Å². The molecule has 0 nitrogen and oxygen atoms in total. The molecule has 0 fully saturated rings. The highest BCUT2D eigenvalue weighted by Gasteiger charge is 2.36. The molecule has 0 aliphatic carbocycles. The van der Waals surface area contributed by atoms with Crippen molar-refractivity contribution < 1.29 is 0 Å². The quantitative estimate of drug-likeness (QED) is 0.0898. The van der Waals surface area contributed by atoms with Gasteiger partial charge in [0.25, 0.3) is 0 Å². The second kappa shape index (κ2) is 40.4. The van der Waals surface area contributed by atoms with Gasteiger partial charge in [0.15, 0.2) is 73.4 Å². The fraction of sp³-hybridized carbons (Fsp3) is 0.174. The van der Waals surface area contributed by atoms with E-state index in [0.29, 0.717) is 0 Å². The molecule has 15 rings (SSSR count). The molecular weight excluding hydrogens is 1470 g/mol. The van der Waals surface area contributed by atoms with Crippen LogP contribution >= 0.6 is 0 Å². The molecule has 0 bridgehead atoms. The molecule has 15 aromatic rings. The van der Waals surface area contributed by atoms with Crippen molar-refractivity contribution in [3.05, 3.63) is 450 Å². The first-order chi connectivity index (χ1) is 54.9. The first kappa shape index (κ1) is 84.9. The summed E-state index contributed by atoms with van der Waals surface area (Å²) >= 11 is 0. The van der Waals surface area contributed by atoms with Gasteiger partial charge in [-0.1, -0.05) is 316 Å². The maximum Gasteiger partial charge on any atom is 0.172 e. The van der Waals surface area contributed by atoms with E-state index in [9.17, 15) is 0 Å². The lowest BCUT2D eigenvalue weighted by atomic mass is 9.87. The standard InChI is InChI=1S/C30H39S.C21H21S.C20H19S.2C19H17S/c1-28(2,3)22-10-16-25(17-11-22)31(26-18-12-23(13-19-26)29(4,5)6)27-20-14-24(15-21-27)30(7,8)9;1-16-14-17(2)21(18(3)15-16)22(19-10-6-4-7-11-19)20-12-8-5-9-13-20;1-16-13-14-20(17(2)15-16)21(18-9-5-3-6-10-18)19-11-7-4-8-12-19;1-16-10-8-9-15-19(16)20(17-11-4-2-5-12-17)18-13-6-3-7-14-18;1-16-12-14-19(15-13-16)20(17-8-4-2-5-9-17)18-10-6-3-7-11-18/h10-21H,1-9H3;4-15H,1-3H3;3-15H,1-2H3;2*2-15H,1H3/q5*+1. The van der Waals surface area contributed by atoms with Gasteiger partial charge in [-0.3, -0.25) is 0 Å². The Morgan fingerprint density at radius 2 is 0.368 bits per heavy atom. The van der Waals surface area contributed by atoms with Crippen molar-refractivity contribution in [3.63, 3.8) is 0 Å². The highest BCUT2D eigenvalue weighted by molar-refractivity contribution is 7.98. The number of hydrogen-bond acceptors (Lipinski definition) is 0. The summed E-state index contributed by atoms with van der Waals surface area (Å²) in [6.45, 7) is 35.8. The molecule has 0 heterocycles. The molecule has 15 aromatic carbocycles. The number of benzene rings is 15. The lowest BCUT2D eigenvalue weighted by Crippen LogP contribution is -2.13. The van der Waals surface area contributed by atoms with Gasteiger partial charge in [0, 0.05) is 22.3 Å². The van der Waals surface area contributed by atoms with Gasteiger partial charge >= 0.3 is 0 Å². The van der Waals surface area contributed by atoms with Crippen molar-refractivity contribution in [2.45, 2.75) is 200 Å². The number of aryl methyl sites for hydroxylation is 7. The summed E-state index contributed by atoms with van der Waals surface area (Å²) in [5.41, 5.74) is 14.1. The Morgan fingerprint density at radius 3 is 0.632 bits per heavy atom. The SMILES string of the molecule is CC(C)(C)c1ccc([S+](c2ccc(C(C)(C)C)cc2)c2ccc(C(C)(C)C)cc2)cc1.Cc1cc(C)c([S+](c2ccccc2)c2ccccc2)c(C)c1.Cc1ccc([S+](c2ccccc2)c2ccccc2)c(C)c1.Cc1ccc([S+](c2ccccc2)c2ccccc2)cc1.Cc1ccccc1[S+](c1ccccc1)c1ccccc1. The van der Waals surface area contributed by atoms with Crippen LogP contribution in [0.1, 0.15) is 118 Å². The van der Waals surface area contributed by atoms with Gasteiger partial charge in [-0.2, -0.15) is 0 Å². The first-order valence-corrected chi connectivity index (χ1v) is 45.7.